The maximum atomic E-state index is 14.2. The van der Waals surface area contributed by atoms with Gasteiger partial charge in [-0.3, -0.25) is 24.1 Å². The monoisotopic (exact) mass is 684 g/mol. The fourth-order valence-electron chi connectivity index (χ4n) is 6.80. The van der Waals surface area contributed by atoms with E-state index in [4.69, 9.17) is 9.57 Å². The third kappa shape index (κ3) is 8.16. The minimum atomic E-state index is -3.86. The molecule has 0 bridgehead atoms. The number of ether oxygens (including phenoxy) is 1. The van der Waals surface area contributed by atoms with E-state index in [0.29, 0.717) is 37.7 Å². The van der Waals surface area contributed by atoms with E-state index in [1.54, 1.807) is 24.5 Å². The van der Waals surface area contributed by atoms with Crippen LogP contribution in [0, 0.1) is 5.92 Å². The van der Waals surface area contributed by atoms with E-state index in [-0.39, 0.29) is 25.5 Å². The minimum absolute atomic E-state index is 0.00966. The summed E-state index contributed by atoms with van der Waals surface area (Å²) in [5.74, 6) is -2.25. The van der Waals surface area contributed by atoms with Crippen LogP contribution < -0.4 is 15.4 Å². The van der Waals surface area contributed by atoms with E-state index in [2.05, 4.69) is 25.5 Å². The molecule has 1 unspecified atom stereocenters. The third-order valence-electron chi connectivity index (χ3n) is 9.81. The molecule has 48 heavy (non-hydrogen) atoms. The Morgan fingerprint density at radius 1 is 1.06 bits per heavy atom. The highest BCUT2D eigenvalue weighted by molar-refractivity contribution is 7.91. The van der Waals surface area contributed by atoms with E-state index in [1.807, 2.05) is 12.2 Å². The number of nitrogens with zero attached hydrogens (tertiary/aromatic N) is 3. The molecule has 2 aliphatic heterocycles. The topological polar surface area (TPSA) is 185 Å². The summed E-state index contributed by atoms with van der Waals surface area (Å²) in [6.07, 6.45) is 15.1. The van der Waals surface area contributed by atoms with E-state index in [9.17, 15) is 27.6 Å². The van der Waals surface area contributed by atoms with Gasteiger partial charge in [-0.25, -0.2) is 13.2 Å². The Morgan fingerprint density at radius 3 is 2.60 bits per heavy atom. The molecule has 5 aliphatic rings. The number of aromatic nitrogens is 1. The SMILES string of the molecule is O=C(N[C@H]1CCCCC/C=C\C2C[C@@]2(C(=O)NS(=O)(=O)C2CC2)NC(=O)[C@@H]2C[C@@H](O/N=C/c3cccnc3)CN2C1=O)OC1CCCC1. The number of alkyl carbamates (subject to hydrolysis) is 1. The molecule has 3 heterocycles. The Labute approximate surface area is 280 Å². The van der Waals surface area contributed by atoms with Crippen LogP contribution in [0.2, 0.25) is 0 Å². The fourth-order valence-corrected chi connectivity index (χ4v) is 8.17. The van der Waals surface area contributed by atoms with Gasteiger partial charge in [0.15, 0.2) is 0 Å². The van der Waals surface area contributed by atoms with Gasteiger partial charge in [0.25, 0.3) is 5.91 Å². The quantitative estimate of drug-likeness (QED) is 0.210. The van der Waals surface area contributed by atoms with Crippen LogP contribution in [0.1, 0.15) is 89.0 Å². The van der Waals surface area contributed by atoms with E-state index < -0.39 is 68.7 Å². The molecule has 5 atom stereocenters. The lowest BCUT2D eigenvalue weighted by atomic mass is 10.0. The summed E-state index contributed by atoms with van der Waals surface area (Å²) in [6.45, 7) is 0.00966. The molecule has 4 fully saturated rings. The van der Waals surface area contributed by atoms with Crippen molar-refractivity contribution in [3.8, 4) is 0 Å². The standard InChI is InChI=1S/C33H44N6O8S/c40-29-28-17-25(47-35-20-22-9-8-16-34-19-22)21-39(28)30(41)27(36-32(43)46-24-11-6-7-12-24)13-5-3-1-2-4-10-23-18-33(23,37-29)31(42)38-48(44,45)26-14-15-26/h4,8-10,16,19-20,23-28H,1-3,5-7,11-15,17-18,21H2,(H,36,43)(H,37,40)(H,38,42)/b10-4-,35-20+/t23?,25-,27+,28+,33-/m1/s1. The first-order chi connectivity index (χ1) is 23.1. The van der Waals surface area contributed by atoms with Crippen molar-refractivity contribution in [3.05, 3.63) is 42.2 Å². The lowest BCUT2D eigenvalue weighted by Gasteiger charge is -2.30. The number of nitrogens with one attached hydrogen (secondary N) is 3. The molecular weight excluding hydrogens is 640 g/mol. The van der Waals surface area contributed by atoms with Crippen molar-refractivity contribution in [1.29, 1.82) is 0 Å². The molecule has 6 rings (SSSR count). The fraction of sp³-hybridized carbons (Fsp3) is 0.636. The second-order valence-electron chi connectivity index (χ2n) is 13.5. The summed E-state index contributed by atoms with van der Waals surface area (Å²) in [6, 6.07) is 1.54. The Morgan fingerprint density at radius 2 is 1.85 bits per heavy atom. The van der Waals surface area contributed by atoms with Gasteiger partial charge in [-0.15, -0.1) is 0 Å². The number of oxime groups is 1. The molecule has 3 N–H and O–H groups in total. The van der Waals surface area contributed by atoms with Crippen LogP contribution in [0.4, 0.5) is 4.79 Å². The van der Waals surface area contributed by atoms with Crippen molar-refractivity contribution in [2.45, 2.75) is 119 Å². The van der Waals surface area contributed by atoms with Crippen LogP contribution in [-0.4, -0.2) is 90.0 Å². The number of carbonyl (C=O) groups excluding carboxylic acids is 4. The minimum Gasteiger partial charge on any atom is -0.446 e. The molecule has 4 amide bonds. The van der Waals surface area contributed by atoms with Crippen LogP contribution in [0.3, 0.4) is 0 Å². The Hall–Kier alpha value is -4.01. The summed E-state index contributed by atoms with van der Waals surface area (Å²) in [5.41, 5.74) is -0.768. The molecule has 260 valence electrons. The van der Waals surface area contributed by atoms with Gasteiger partial charge in [-0.1, -0.05) is 36.2 Å². The first-order valence-corrected chi connectivity index (χ1v) is 18.6. The predicted octanol–water partition coefficient (Wildman–Crippen LogP) is 2.44. The molecule has 15 heteroatoms. The van der Waals surface area contributed by atoms with Gasteiger partial charge in [0, 0.05) is 30.3 Å². The van der Waals surface area contributed by atoms with Gasteiger partial charge < -0.3 is 25.1 Å². The van der Waals surface area contributed by atoms with Crippen molar-refractivity contribution in [2.75, 3.05) is 6.54 Å². The van der Waals surface area contributed by atoms with Crippen LogP contribution in [0.25, 0.3) is 0 Å². The first-order valence-electron chi connectivity index (χ1n) is 17.1. The van der Waals surface area contributed by atoms with Gasteiger partial charge in [-0.2, -0.15) is 0 Å². The molecule has 3 saturated carbocycles. The smallest absolute Gasteiger partial charge is 0.408 e. The zero-order valence-electron chi connectivity index (χ0n) is 26.9. The van der Waals surface area contributed by atoms with Crippen molar-refractivity contribution in [1.82, 2.24) is 25.2 Å². The van der Waals surface area contributed by atoms with Crippen LogP contribution in [0.15, 0.2) is 41.8 Å². The summed E-state index contributed by atoms with van der Waals surface area (Å²) in [5, 5.41) is 9.07. The Balaban J connectivity index is 1.23. The molecule has 14 nitrogen and oxygen atoms in total. The molecule has 3 aliphatic carbocycles. The highest BCUT2D eigenvalue weighted by Gasteiger charge is 2.62. The lowest BCUT2D eigenvalue weighted by molar-refractivity contribution is -0.141. The van der Waals surface area contributed by atoms with Crippen LogP contribution in [-0.2, 0) is 34.0 Å². The molecule has 0 spiro atoms. The number of sulfonamides is 1. The first kappa shape index (κ1) is 33.9. The number of pyridine rings is 1. The van der Waals surface area contributed by atoms with Crippen molar-refractivity contribution < 1.29 is 37.2 Å². The Kier molecular flexibility index (Phi) is 10.3. The van der Waals surface area contributed by atoms with Gasteiger partial charge >= 0.3 is 6.09 Å². The van der Waals surface area contributed by atoms with Gasteiger partial charge in [0.1, 0.15) is 29.8 Å². The maximum absolute atomic E-state index is 14.2. The maximum Gasteiger partial charge on any atom is 0.408 e. The number of carbonyl (C=O) groups is 4. The lowest BCUT2D eigenvalue weighted by Crippen LogP contribution is -2.58. The summed E-state index contributed by atoms with van der Waals surface area (Å²) in [4.78, 5) is 65.9. The van der Waals surface area contributed by atoms with Crippen molar-refractivity contribution in [2.24, 2.45) is 11.1 Å². The van der Waals surface area contributed by atoms with Gasteiger partial charge in [0.2, 0.25) is 21.8 Å². The van der Waals surface area contributed by atoms with Gasteiger partial charge in [-0.05, 0) is 70.3 Å². The van der Waals surface area contributed by atoms with Crippen molar-refractivity contribution >= 4 is 40.1 Å². The molecule has 0 aromatic carbocycles. The van der Waals surface area contributed by atoms with E-state index in [0.717, 1.165) is 38.5 Å². The average molecular weight is 685 g/mol. The number of amides is 4. The molecule has 1 aromatic rings. The van der Waals surface area contributed by atoms with Crippen LogP contribution in [0.5, 0.6) is 0 Å². The number of hydrogen-bond donors (Lipinski definition) is 3. The Bertz CT molecular complexity index is 1530. The largest absolute Gasteiger partial charge is 0.446 e. The number of allylic oxidation sites excluding steroid dienone is 1. The van der Waals surface area contributed by atoms with Crippen LogP contribution >= 0.6 is 0 Å². The van der Waals surface area contributed by atoms with E-state index in [1.165, 1.54) is 11.1 Å². The molecule has 1 aromatic heterocycles. The normalized spacial score (nSPS) is 30.7. The average Bonchev–Trinajstić information content (AvgIpc) is 3.93. The zero-order valence-corrected chi connectivity index (χ0v) is 27.7. The second kappa shape index (κ2) is 14.6. The molecular formula is C33H44N6O8S. The summed E-state index contributed by atoms with van der Waals surface area (Å²) in [7, 11) is -3.86. The molecule has 1 saturated heterocycles. The zero-order chi connectivity index (χ0) is 33.7. The highest BCUT2D eigenvalue weighted by atomic mass is 32.2. The summed E-state index contributed by atoms with van der Waals surface area (Å²) < 4.78 is 33.2. The van der Waals surface area contributed by atoms with Gasteiger partial charge in [0.05, 0.1) is 18.0 Å². The number of hydrogen-bond acceptors (Lipinski definition) is 10. The number of fused-ring (bicyclic) bond motifs is 2. The molecule has 0 radical (unpaired) electrons. The highest BCUT2D eigenvalue weighted by Crippen LogP contribution is 2.46. The number of rotatable bonds is 8. The summed E-state index contributed by atoms with van der Waals surface area (Å²) >= 11 is 0. The predicted molar refractivity (Wildman–Crippen MR) is 174 cm³/mol. The van der Waals surface area contributed by atoms with E-state index >= 15 is 0 Å². The second-order valence-corrected chi connectivity index (χ2v) is 15.5. The third-order valence-corrected chi connectivity index (χ3v) is 11.6. The van der Waals surface area contributed by atoms with Crippen molar-refractivity contribution in [3.63, 3.8) is 0 Å².